The summed E-state index contributed by atoms with van der Waals surface area (Å²) in [6.07, 6.45) is 0.963. The molecule has 1 aromatic carbocycles. The van der Waals surface area contributed by atoms with E-state index in [1.54, 1.807) is 11.3 Å². The summed E-state index contributed by atoms with van der Waals surface area (Å²) in [5.74, 6) is -0.262. The third-order valence-corrected chi connectivity index (χ3v) is 5.81. The normalized spacial score (nSPS) is 15.3. The lowest BCUT2D eigenvalue weighted by molar-refractivity contribution is -0.147. The number of fused-ring (bicyclic) bond motifs is 1. The van der Waals surface area contributed by atoms with Gasteiger partial charge in [0, 0.05) is 23.0 Å². The number of rotatable bonds is 4. The first-order valence-electron chi connectivity index (χ1n) is 7.89. The molecule has 2 heterocycles. The molecule has 0 N–H and O–H groups in total. The summed E-state index contributed by atoms with van der Waals surface area (Å²) in [6, 6.07) is 9.16. The van der Waals surface area contributed by atoms with E-state index in [1.807, 2.05) is 24.3 Å². The summed E-state index contributed by atoms with van der Waals surface area (Å²) in [5, 5.41) is 2.71. The van der Waals surface area contributed by atoms with Gasteiger partial charge in [-0.05, 0) is 35.1 Å². The number of thiophene rings is 1. The summed E-state index contributed by atoms with van der Waals surface area (Å²) in [6.45, 7) is 1.59. The number of ether oxygens (including phenoxy) is 1. The Kier molecular flexibility index (Phi) is 7.78. The van der Waals surface area contributed by atoms with Crippen LogP contribution >= 0.6 is 22.9 Å². The molecule has 2 aromatic rings. The van der Waals surface area contributed by atoms with E-state index in [1.165, 1.54) is 17.6 Å². The van der Waals surface area contributed by atoms with Crippen LogP contribution in [0, 0.1) is 0 Å². The van der Waals surface area contributed by atoms with Crippen molar-refractivity contribution in [2.24, 2.45) is 0 Å². The van der Waals surface area contributed by atoms with Crippen molar-refractivity contribution >= 4 is 39.3 Å². The van der Waals surface area contributed by atoms with Crippen molar-refractivity contribution in [1.29, 1.82) is 0 Å². The molecule has 0 spiro atoms. The molecule has 10 heteroatoms. The minimum atomic E-state index is -4.41. The van der Waals surface area contributed by atoms with Crippen molar-refractivity contribution in [2.45, 2.75) is 19.0 Å². The second-order valence-corrected chi connectivity index (χ2v) is 8.17. The van der Waals surface area contributed by atoms with Gasteiger partial charge in [-0.1, -0.05) is 29.8 Å². The van der Waals surface area contributed by atoms with Crippen LogP contribution in [0.1, 0.15) is 22.0 Å². The number of hydrogen-bond donors (Lipinski definition) is 0. The van der Waals surface area contributed by atoms with Crippen LogP contribution < -0.4 is 0 Å². The van der Waals surface area contributed by atoms with Crippen molar-refractivity contribution in [1.82, 2.24) is 4.90 Å². The number of halogens is 1. The largest absolute Gasteiger partial charge is 0.726 e. The number of hydrogen-bond acceptors (Lipinski definition) is 8. The summed E-state index contributed by atoms with van der Waals surface area (Å²) < 4.78 is 36.0. The maximum absolute atomic E-state index is 12.3. The zero-order valence-electron chi connectivity index (χ0n) is 14.8. The van der Waals surface area contributed by atoms with Crippen molar-refractivity contribution in [3.63, 3.8) is 0 Å². The minimum absolute atomic E-state index is 0.262. The van der Waals surface area contributed by atoms with E-state index >= 15 is 0 Å². The molecule has 1 aliphatic rings. The predicted octanol–water partition coefficient (Wildman–Crippen LogP) is 2.77. The van der Waals surface area contributed by atoms with E-state index in [9.17, 15) is 17.8 Å². The number of nitrogens with zero attached hydrogens (tertiary/aromatic N) is 1. The standard InChI is InChI=1S/C16H16ClNO2S.CH4O4S/c1-20-16(19)15(12-4-2-3-5-13(12)17)18-8-6-14-11(10-18)7-9-21-14;1-5-6(2,3)4/h2-5,7,9,15H,6,8,10H2,1H3;1H3,(H,2,3,4)/p-1/t15-;/m0./s1. The average molecular weight is 433 g/mol. The van der Waals surface area contributed by atoms with Crippen LogP contribution in [0.5, 0.6) is 0 Å². The van der Waals surface area contributed by atoms with E-state index in [4.69, 9.17) is 16.3 Å². The van der Waals surface area contributed by atoms with E-state index in [2.05, 4.69) is 20.5 Å². The van der Waals surface area contributed by atoms with Gasteiger partial charge < -0.3 is 9.29 Å². The highest BCUT2D eigenvalue weighted by atomic mass is 35.5. The summed E-state index contributed by atoms with van der Waals surface area (Å²) >= 11 is 8.07. The first-order chi connectivity index (χ1) is 12.8. The van der Waals surface area contributed by atoms with Crippen molar-refractivity contribution < 1.29 is 26.7 Å². The molecule has 1 aromatic heterocycles. The number of benzene rings is 1. The SMILES string of the molecule is COC(=O)[C@H](c1ccccc1Cl)N1CCc2sccc2C1.COS(=O)(=O)[O-]. The highest BCUT2D eigenvalue weighted by Crippen LogP contribution is 2.33. The monoisotopic (exact) mass is 432 g/mol. The second kappa shape index (κ2) is 9.63. The van der Waals surface area contributed by atoms with Gasteiger partial charge in [0.05, 0.1) is 14.2 Å². The lowest BCUT2D eigenvalue weighted by atomic mass is 10.0. The Morgan fingerprint density at radius 3 is 2.56 bits per heavy atom. The van der Waals surface area contributed by atoms with Crippen LogP contribution in [-0.2, 0) is 37.1 Å². The predicted molar refractivity (Wildman–Crippen MR) is 101 cm³/mol. The van der Waals surface area contributed by atoms with E-state index in [0.29, 0.717) is 5.02 Å². The summed E-state index contributed by atoms with van der Waals surface area (Å²) in [4.78, 5) is 15.8. The Bertz CT molecular complexity index is 883. The Hall–Kier alpha value is -1.49. The highest BCUT2D eigenvalue weighted by Gasteiger charge is 2.32. The van der Waals surface area contributed by atoms with Crippen molar-refractivity contribution in [3.05, 3.63) is 56.7 Å². The molecule has 0 amide bonds. The number of methoxy groups -OCH3 is 1. The third kappa shape index (κ3) is 6.00. The van der Waals surface area contributed by atoms with Crippen LogP contribution in [0.4, 0.5) is 0 Å². The van der Waals surface area contributed by atoms with E-state index < -0.39 is 16.4 Å². The Balaban J connectivity index is 0.000000380. The highest BCUT2D eigenvalue weighted by molar-refractivity contribution is 7.80. The van der Waals surface area contributed by atoms with Crippen molar-refractivity contribution in [2.75, 3.05) is 20.8 Å². The second-order valence-electron chi connectivity index (χ2n) is 5.61. The molecule has 0 radical (unpaired) electrons. The molecule has 1 atom stereocenters. The molecular formula is C17H19ClNO6S2-. The lowest BCUT2D eigenvalue weighted by Gasteiger charge is -2.33. The summed E-state index contributed by atoms with van der Waals surface area (Å²) in [7, 11) is -2.18. The van der Waals surface area contributed by atoms with Crippen LogP contribution in [-0.4, -0.2) is 44.6 Å². The van der Waals surface area contributed by atoms with Gasteiger partial charge in [-0.2, -0.15) is 0 Å². The molecule has 0 saturated heterocycles. The van der Waals surface area contributed by atoms with Crippen LogP contribution in [0.25, 0.3) is 0 Å². The molecule has 148 valence electrons. The number of carbonyl (C=O) groups is 1. The molecule has 7 nitrogen and oxygen atoms in total. The third-order valence-electron chi connectivity index (χ3n) is 4.03. The van der Waals surface area contributed by atoms with E-state index in [0.717, 1.165) is 32.2 Å². The maximum atomic E-state index is 12.3. The van der Waals surface area contributed by atoms with Crippen LogP contribution in [0.2, 0.25) is 5.02 Å². The van der Waals surface area contributed by atoms with Gasteiger partial charge in [-0.25, -0.2) is 13.2 Å². The lowest BCUT2D eigenvalue weighted by Crippen LogP contribution is -2.38. The zero-order valence-corrected chi connectivity index (χ0v) is 17.1. The quantitative estimate of drug-likeness (QED) is 0.416. The fraction of sp³-hybridized carbons (Fsp3) is 0.353. The van der Waals surface area contributed by atoms with Gasteiger partial charge in [0.15, 0.2) is 0 Å². The smallest absolute Gasteiger partial charge is 0.327 e. The molecule has 3 rings (SSSR count). The molecule has 1 aliphatic heterocycles. The Labute approximate surface area is 167 Å². The first kappa shape index (κ1) is 21.8. The van der Waals surface area contributed by atoms with Gasteiger partial charge in [-0.3, -0.25) is 9.08 Å². The fourth-order valence-corrected chi connectivity index (χ4v) is 3.90. The van der Waals surface area contributed by atoms with Crippen LogP contribution in [0.3, 0.4) is 0 Å². The van der Waals surface area contributed by atoms with E-state index in [-0.39, 0.29) is 5.97 Å². The average Bonchev–Trinajstić information content (AvgIpc) is 3.11. The molecule has 0 fully saturated rings. The molecule has 0 saturated carbocycles. The molecule has 27 heavy (non-hydrogen) atoms. The maximum Gasteiger partial charge on any atom is 0.327 e. The first-order valence-corrected chi connectivity index (χ1v) is 10.5. The van der Waals surface area contributed by atoms with Gasteiger partial charge in [0.25, 0.3) is 0 Å². The van der Waals surface area contributed by atoms with Gasteiger partial charge in [-0.15, -0.1) is 11.3 Å². The topological polar surface area (TPSA) is 96.0 Å². The van der Waals surface area contributed by atoms with Crippen LogP contribution in [0.15, 0.2) is 35.7 Å². The summed E-state index contributed by atoms with van der Waals surface area (Å²) in [5.41, 5.74) is 2.11. The molecular weight excluding hydrogens is 414 g/mol. The van der Waals surface area contributed by atoms with Gasteiger partial charge in [0.1, 0.15) is 6.04 Å². The Morgan fingerprint density at radius 1 is 1.30 bits per heavy atom. The fourth-order valence-electron chi connectivity index (χ4n) is 2.77. The number of esters is 1. The Morgan fingerprint density at radius 2 is 1.96 bits per heavy atom. The van der Waals surface area contributed by atoms with Gasteiger partial charge >= 0.3 is 5.97 Å². The van der Waals surface area contributed by atoms with Gasteiger partial charge in [0.2, 0.25) is 10.4 Å². The van der Waals surface area contributed by atoms with Crippen molar-refractivity contribution in [3.8, 4) is 0 Å². The zero-order chi connectivity index (χ0) is 20.0. The number of carbonyl (C=O) groups excluding carboxylic acids is 1. The molecule has 0 bridgehead atoms. The molecule has 0 aliphatic carbocycles. The minimum Gasteiger partial charge on any atom is -0.726 e. The molecule has 0 unspecified atom stereocenters.